The first-order valence-corrected chi connectivity index (χ1v) is 6.31. The van der Waals surface area contributed by atoms with Gasteiger partial charge in [-0.3, -0.25) is 0 Å². The van der Waals surface area contributed by atoms with Gasteiger partial charge in [-0.25, -0.2) is 4.98 Å². The summed E-state index contributed by atoms with van der Waals surface area (Å²) in [5.74, 6) is 0. The molecule has 0 fully saturated rings. The summed E-state index contributed by atoms with van der Waals surface area (Å²) in [6, 6.07) is 10.2. The van der Waals surface area contributed by atoms with E-state index in [2.05, 4.69) is 34.7 Å². The Morgan fingerprint density at radius 2 is 2.35 bits per heavy atom. The average molecular weight is 243 g/mol. The van der Waals surface area contributed by atoms with E-state index in [4.69, 9.17) is 5.26 Å². The summed E-state index contributed by atoms with van der Waals surface area (Å²) in [6.07, 6.45) is 2.70. The molecule has 0 saturated carbocycles. The predicted molar refractivity (Wildman–Crippen MR) is 70.1 cm³/mol. The van der Waals surface area contributed by atoms with Gasteiger partial charge in [-0.05, 0) is 30.5 Å². The Labute approximate surface area is 105 Å². The predicted octanol–water partition coefficient (Wildman–Crippen LogP) is 3.06. The minimum absolute atomic E-state index is 0.350. The zero-order valence-electron chi connectivity index (χ0n) is 9.55. The van der Waals surface area contributed by atoms with Crippen molar-refractivity contribution in [1.82, 2.24) is 4.98 Å². The van der Waals surface area contributed by atoms with Crippen molar-refractivity contribution in [1.29, 1.82) is 5.26 Å². The summed E-state index contributed by atoms with van der Waals surface area (Å²) < 4.78 is 0. The van der Waals surface area contributed by atoms with Crippen LogP contribution in [-0.2, 0) is 6.42 Å². The van der Waals surface area contributed by atoms with Gasteiger partial charge < -0.3 is 5.32 Å². The third-order valence-corrected chi connectivity index (χ3v) is 3.28. The fourth-order valence-corrected chi connectivity index (χ4v) is 2.45. The van der Waals surface area contributed by atoms with Crippen molar-refractivity contribution in [3.8, 4) is 6.07 Å². The number of nitriles is 1. The van der Waals surface area contributed by atoms with E-state index in [1.807, 2.05) is 12.1 Å². The van der Waals surface area contributed by atoms with E-state index in [-0.39, 0.29) is 0 Å². The Kier molecular flexibility index (Phi) is 3.73. The molecule has 2 aromatic heterocycles. The Bertz CT molecular complexity index is 496. The number of pyridine rings is 1. The maximum Gasteiger partial charge on any atom is 0.140 e. The maximum absolute atomic E-state index is 8.65. The number of aromatic nitrogens is 1. The lowest BCUT2D eigenvalue weighted by molar-refractivity contribution is 0.799. The Morgan fingerprint density at radius 3 is 2.94 bits per heavy atom. The minimum Gasteiger partial charge on any atom is -0.381 e. The molecule has 0 saturated heterocycles. The summed E-state index contributed by atoms with van der Waals surface area (Å²) in [6.45, 7) is 2.14. The molecule has 1 atom stereocenters. The van der Waals surface area contributed by atoms with Gasteiger partial charge in [0.25, 0.3) is 0 Å². The number of nitrogens with one attached hydrogen (secondary N) is 1. The van der Waals surface area contributed by atoms with Gasteiger partial charge in [0.05, 0.1) is 11.9 Å². The van der Waals surface area contributed by atoms with Gasteiger partial charge in [-0.2, -0.15) is 5.26 Å². The largest absolute Gasteiger partial charge is 0.381 e. The second-order valence-corrected chi connectivity index (χ2v) is 4.91. The van der Waals surface area contributed by atoms with Crippen LogP contribution in [0.5, 0.6) is 0 Å². The van der Waals surface area contributed by atoms with Gasteiger partial charge in [0.1, 0.15) is 11.8 Å². The highest BCUT2D eigenvalue weighted by atomic mass is 32.1. The number of thiophene rings is 1. The van der Waals surface area contributed by atoms with Crippen LogP contribution in [0.2, 0.25) is 0 Å². The molecule has 17 heavy (non-hydrogen) atoms. The van der Waals surface area contributed by atoms with Gasteiger partial charge in [-0.1, -0.05) is 6.07 Å². The van der Waals surface area contributed by atoms with Gasteiger partial charge >= 0.3 is 0 Å². The van der Waals surface area contributed by atoms with Gasteiger partial charge in [0, 0.05) is 17.3 Å². The Hall–Kier alpha value is -1.86. The molecule has 0 aromatic carbocycles. The van der Waals surface area contributed by atoms with Crippen molar-refractivity contribution in [3.05, 3.63) is 46.4 Å². The molecule has 0 aliphatic rings. The molecule has 0 spiro atoms. The average Bonchev–Trinajstić information content (AvgIpc) is 2.82. The van der Waals surface area contributed by atoms with Gasteiger partial charge in [0.2, 0.25) is 0 Å². The highest BCUT2D eigenvalue weighted by molar-refractivity contribution is 7.09. The molecular weight excluding hydrogens is 230 g/mol. The zero-order chi connectivity index (χ0) is 12.1. The highest BCUT2D eigenvalue weighted by Crippen LogP contribution is 2.14. The van der Waals surface area contributed by atoms with Crippen molar-refractivity contribution in [2.45, 2.75) is 19.4 Å². The molecular formula is C13H13N3S. The molecule has 0 amide bonds. The summed E-state index contributed by atoms with van der Waals surface area (Å²) in [4.78, 5) is 5.39. The van der Waals surface area contributed by atoms with E-state index in [0.717, 1.165) is 12.1 Å². The van der Waals surface area contributed by atoms with Crippen LogP contribution in [0.4, 0.5) is 5.69 Å². The minimum atomic E-state index is 0.350. The molecule has 1 N–H and O–H groups in total. The number of hydrogen-bond acceptors (Lipinski definition) is 4. The summed E-state index contributed by atoms with van der Waals surface area (Å²) in [5.41, 5.74) is 1.40. The first-order chi connectivity index (χ1) is 8.28. The topological polar surface area (TPSA) is 48.7 Å². The fourth-order valence-electron chi connectivity index (χ4n) is 1.61. The standard InChI is InChI=1S/C13H13N3S/c1-10(7-13-3-2-6-17-13)16-12-5-4-11(8-14)15-9-12/h2-6,9-10,16H,7H2,1H3. The summed E-state index contributed by atoms with van der Waals surface area (Å²) in [7, 11) is 0. The fraction of sp³-hybridized carbons (Fsp3) is 0.231. The van der Waals surface area contributed by atoms with E-state index in [1.54, 1.807) is 23.6 Å². The van der Waals surface area contributed by atoms with E-state index in [9.17, 15) is 0 Å². The van der Waals surface area contributed by atoms with Crippen LogP contribution in [0.15, 0.2) is 35.8 Å². The van der Waals surface area contributed by atoms with E-state index >= 15 is 0 Å². The molecule has 0 aliphatic carbocycles. The van der Waals surface area contributed by atoms with Crippen LogP contribution in [-0.4, -0.2) is 11.0 Å². The second-order valence-electron chi connectivity index (χ2n) is 3.87. The van der Waals surface area contributed by atoms with E-state index in [0.29, 0.717) is 11.7 Å². The monoisotopic (exact) mass is 243 g/mol. The summed E-state index contributed by atoms with van der Waals surface area (Å²) in [5, 5.41) is 14.1. The Morgan fingerprint density at radius 1 is 1.47 bits per heavy atom. The van der Waals surface area contributed by atoms with Crippen LogP contribution in [0, 0.1) is 11.3 Å². The second kappa shape index (κ2) is 5.46. The molecule has 4 heteroatoms. The molecule has 0 aliphatic heterocycles. The molecule has 86 valence electrons. The molecule has 2 rings (SSSR count). The SMILES string of the molecule is CC(Cc1cccs1)Nc1ccc(C#N)nc1. The first kappa shape index (κ1) is 11.6. The Balaban J connectivity index is 1.94. The van der Waals surface area contributed by atoms with Crippen LogP contribution in [0.3, 0.4) is 0 Å². The highest BCUT2D eigenvalue weighted by Gasteiger charge is 2.04. The number of anilines is 1. The van der Waals surface area contributed by atoms with Crippen molar-refractivity contribution in [2.75, 3.05) is 5.32 Å². The smallest absolute Gasteiger partial charge is 0.140 e. The quantitative estimate of drug-likeness (QED) is 0.897. The third kappa shape index (κ3) is 3.30. The molecule has 2 heterocycles. The normalized spacial score (nSPS) is 11.8. The van der Waals surface area contributed by atoms with Gasteiger partial charge in [0.15, 0.2) is 0 Å². The molecule has 0 bridgehead atoms. The number of hydrogen-bond donors (Lipinski definition) is 1. The van der Waals surface area contributed by atoms with Gasteiger partial charge in [-0.15, -0.1) is 11.3 Å². The van der Waals surface area contributed by atoms with Crippen molar-refractivity contribution in [3.63, 3.8) is 0 Å². The molecule has 2 aromatic rings. The number of rotatable bonds is 4. The zero-order valence-corrected chi connectivity index (χ0v) is 10.4. The van der Waals surface area contributed by atoms with Crippen molar-refractivity contribution < 1.29 is 0 Å². The lowest BCUT2D eigenvalue weighted by atomic mass is 10.2. The molecule has 1 unspecified atom stereocenters. The number of nitrogens with zero attached hydrogens (tertiary/aromatic N) is 2. The van der Waals surface area contributed by atoms with Crippen molar-refractivity contribution in [2.24, 2.45) is 0 Å². The lowest BCUT2D eigenvalue weighted by Gasteiger charge is -2.13. The van der Waals surface area contributed by atoms with Crippen LogP contribution in [0.1, 0.15) is 17.5 Å². The third-order valence-electron chi connectivity index (χ3n) is 2.38. The first-order valence-electron chi connectivity index (χ1n) is 5.43. The van der Waals surface area contributed by atoms with Crippen molar-refractivity contribution >= 4 is 17.0 Å². The molecule has 3 nitrogen and oxygen atoms in total. The van der Waals surface area contributed by atoms with E-state index in [1.165, 1.54) is 4.88 Å². The maximum atomic E-state index is 8.65. The molecule has 0 radical (unpaired) electrons. The summed E-state index contributed by atoms with van der Waals surface area (Å²) >= 11 is 1.77. The lowest BCUT2D eigenvalue weighted by Crippen LogP contribution is -2.17. The van der Waals surface area contributed by atoms with Crippen LogP contribution >= 0.6 is 11.3 Å². The van der Waals surface area contributed by atoms with E-state index < -0.39 is 0 Å². The van der Waals surface area contributed by atoms with Crippen LogP contribution in [0.25, 0.3) is 0 Å². The van der Waals surface area contributed by atoms with Crippen LogP contribution < -0.4 is 5.32 Å².